The highest BCUT2D eigenvalue weighted by Gasteiger charge is 2.38. The molecule has 3 saturated heterocycles. The number of nitrogen functional groups attached to an aromatic ring is 1. The lowest BCUT2D eigenvalue weighted by molar-refractivity contribution is 0.0899. The van der Waals surface area contributed by atoms with Crippen LogP contribution in [0.15, 0.2) is 30.3 Å². The third-order valence-electron chi connectivity index (χ3n) is 5.96. The van der Waals surface area contributed by atoms with Crippen molar-refractivity contribution in [3.05, 3.63) is 30.3 Å². The summed E-state index contributed by atoms with van der Waals surface area (Å²) in [5.74, 6) is 2.61. The average Bonchev–Trinajstić information content (AvgIpc) is 3.04. The van der Waals surface area contributed by atoms with Gasteiger partial charge in [0.2, 0.25) is 0 Å². The summed E-state index contributed by atoms with van der Waals surface area (Å²) in [7, 11) is 0. The third-order valence-corrected chi connectivity index (χ3v) is 5.96. The van der Waals surface area contributed by atoms with Gasteiger partial charge in [-0.25, -0.2) is 9.97 Å². The van der Waals surface area contributed by atoms with Crippen LogP contribution in [0.3, 0.4) is 0 Å². The smallest absolute Gasteiger partial charge is 0.163 e. The lowest BCUT2D eigenvalue weighted by Gasteiger charge is -2.36. The zero-order chi connectivity index (χ0) is 20.9. The fourth-order valence-corrected chi connectivity index (χ4v) is 4.46. The number of benzene rings is 1. The lowest BCUT2D eigenvalue weighted by atomic mass is 10.1. The normalized spacial score (nSPS) is 23.6. The van der Waals surface area contributed by atoms with Crippen LogP contribution < -0.4 is 16.0 Å². The number of nitrogens with zero attached hydrogens (tertiary/aromatic N) is 3. The predicted octanol–water partition coefficient (Wildman–Crippen LogP) is 3.71. The molecule has 3 aliphatic heterocycles. The van der Waals surface area contributed by atoms with Gasteiger partial charge in [0, 0.05) is 36.6 Å². The van der Waals surface area contributed by atoms with E-state index in [4.69, 9.17) is 25.2 Å². The standard InChI is InChI=1S/C21H27N5O2.C2H6/c22-15-3-1-14(2-4-15)21-24-19(23-16-7-9-27-10-8-16)11-20(25-21)26-17-5-6-18(26)13-28-12-17;1-2/h1-4,11,16-18H,5-10,12-13,22H2,(H,23,24,25);1-2H3. The molecule has 3 fully saturated rings. The Morgan fingerprint density at radius 1 is 0.933 bits per heavy atom. The first-order valence-corrected chi connectivity index (χ1v) is 11.2. The minimum absolute atomic E-state index is 0.386. The predicted molar refractivity (Wildman–Crippen MR) is 121 cm³/mol. The first-order valence-electron chi connectivity index (χ1n) is 11.2. The Hall–Kier alpha value is -2.38. The van der Waals surface area contributed by atoms with E-state index < -0.39 is 0 Å². The van der Waals surface area contributed by atoms with Crippen molar-refractivity contribution < 1.29 is 9.47 Å². The summed E-state index contributed by atoms with van der Waals surface area (Å²) in [5, 5.41) is 3.62. The number of anilines is 3. The van der Waals surface area contributed by atoms with Crippen molar-refractivity contribution >= 4 is 17.3 Å². The van der Waals surface area contributed by atoms with Crippen LogP contribution in [0.25, 0.3) is 11.4 Å². The van der Waals surface area contributed by atoms with Crippen LogP contribution >= 0.6 is 0 Å². The Morgan fingerprint density at radius 3 is 2.27 bits per heavy atom. The highest BCUT2D eigenvalue weighted by atomic mass is 16.5. The van der Waals surface area contributed by atoms with Crippen molar-refractivity contribution in [3.8, 4) is 11.4 Å². The molecule has 7 nitrogen and oxygen atoms in total. The summed E-state index contributed by atoms with van der Waals surface area (Å²) in [5.41, 5.74) is 7.58. The van der Waals surface area contributed by atoms with E-state index >= 15 is 0 Å². The van der Waals surface area contributed by atoms with Gasteiger partial charge in [-0.1, -0.05) is 13.8 Å². The van der Waals surface area contributed by atoms with Crippen LogP contribution in [0.4, 0.5) is 17.3 Å². The lowest BCUT2D eigenvalue weighted by Crippen LogP contribution is -2.46. The Labute approximate surface area is 179 Å². The molecule has 5 rings (SSSR count). The molecule has 0 saturated carbocycles. The molecule has 0 amide bonds. The molecule has 3 aliphatic rings. The zero-order valence-corrected chi connectivity index (χ0v) is 18.0. The Morgan fingerprint density at radius 2 is 1.60 bits per heavy atom. The van der Waals surface area contributed by atoms with Crippen LogP contribution in [-0.2, 0) is 9.47 Å². The highest BCUT2D eigenvalue weighted by molar-refractivity contribution is 5.64. The number of morpholine rings is 1. The van der Waals surface area contributed by atoms with Gasteiger partial charge in [0.1, 0.15) is 11.6 Å². The second kappa shape index (κ2) is 9.62. The molecule has 0 radical (unpaired) electrons. The monoisotopic (exact) mass is 411 g/mol. The molecule has 2 unspecified atom stereocenters. The van der Waals surface area contributed by atoms with E-state index in [-0.39, 0.29) is 0 Å². The summed E-state index contributed by atoms with van der Waals surface area (Å²) in [6, 6.07) is 11.1. The number of nitrogens with one attached hydrogen (secondary N) is 1. The topological polar surface area (TPSA) is 85.5 Å². The van der Waals surface area contributed by atoms with Gasteiger partial charge in [-0.15, -0.1) is 0 Å². The van der Waals surface area contributed by atoms with Crippen molar-refractivity contribution in [1.29, 1.82) is 0 Å². The number of fused-ring (bicyclic) bond motifs is 2. The number of nitrogens with two attached hydrogens (primary N) is 1. The van der Waals surface area contributed by atoms with E-state index in [9.17, 15) is 0 Å². The first-order chi connectivity index (χ1) is 14.8. The molecular formula is C23H33N5O2. The maximum atomic E-state index is 5.86. The van der Waals surface area contributed by atoms with E-state index in [2.05, 4.69) is 16.3 Å². The van der Waals surface area contributed by atoms with E-state index in [1.807, 2.05) is 38.1 Å². The molecule has 1 aromatic heterocycles. The number of hydrogen-bond acceptors (Lipinski definition) is 7. The SMILES string of the molecule is CC.Nc1ccc(-c2nc(NC3CCOCC3)cc(N3C4CCC3COC4)n2)cc1. The van der Waals surface area contributed by atoms with Crippen molar-refractivity contribution in [1.82, 2.24) is 9.97 Å². The quantitative estimate of drug-likeness (QED) is 0.742. The highest BCUT2D eigenvalue weighted by Crippen LogP contribution is 2.35. The van der Waals surface area contributed by atoms with Crippen LogP contribution in [0.1, 0.15) is 39.5 Å². The van der Waals surface area contributed by atoms with Gasteiger partial charge >= 0.3 is 0 Å². The molecule has 7 heteroatoms. The Bertz CT molecular complexity index is 807. The first kappa shape index (κ1) is 20.9. The molecule has 30 heavy (non-hydrogen) atoms. The Balaban J connectivity index is 0.00000106. The summed E-state index contributed by atoms with van der Waals surface area (Å²) >= 11 is 0. The van der Waals surface area contributed by atoms with Gasteiger partial charge in [0.05, 0.1) is 25.3 Å². The fourth-order valence-electron chi connectivity index (χ4n) is 4.46. The summed E-state index contributed by atoms with van der Waals surface area (Å²) in [6.45, 7) is 7.16. The van der Waals surface area contributed by atoms with Crippen LogP contribution in [-0.4, -0.2) is 54.5 Å². The van der Waals surface area contributed by atoms with E-state index in [0.29, 0.717) is 18.1 Å². The van der Waals surface area contributed by atoms with E-state index in [1.54, 1.807) is 0 Å². The largest absolute Gasteiger partial charge is 0.399 e. The molecular weight excluding hydrogens is 378 g/mol. The maximum Gasteiger partial charge on any atom is 0.163 e. The average molecular weight is 412 g/mol. The van der Waals surface area contributed by atoms with Crippen molar-refractivity contribution in [3.63, 3.8) is 0 Å². The molecule has 0 aliphatic carbocycles. The van der Waals surface area contributed by atoms with Gasteiger partial charge in [0.15, 0.2) is 5.82 Å². The fraction of sp³-hybridized carbons (Fsp3) is 0.565. The molecule has 0 spiro atoms. The van der Waals surface area contributed by atoms with Gasteiger partial charge < -0.3 is 25.4 Å². The molecule has 4 heterocycles. The second-order valence-electron chi connectivity index (χ2n) is 7.92. The minimum atomic E-state index is 0.386. The number of hydrogen-bond donors (Lipinski definition) is 2. The van der Waals surface area contributed by atoms with E-state index in [1.165, 1.54) is 0 Å². The van der Waals surface area contributed by atoms with Gasteiger partial charge in [-0.2, -0.15) is 0 Å². The zero-order valence-electron chi connectivity index (χ0n) is 18.0. The van der Waals surface area contributed by atoms with Gasteiger partial charge in [0.25, 0.3) is 0 Å². The van der Waals surface area contributed by atoms with Gasteiger partial charge in [-0.3, -0.25) is 0 Å². The van der Waals surface area contributed by atoms with Gasteiger partial charge in [-0.05, 0) is 49.9 Å². The molecule has 3 N–H and O–H groups in total. The van der Waals surface area contributed by atoms with Crippen molar-refractivity contribution in [2.45, 2.75) is 57.7 Å². The number of ether oxygens (including phenoxy) is 2. The third kappa shape index (κ3) is 4.52. The molecule has 162 valence electrons. The molecule has 2 atom stereocenters. The number of rotatable bonds is 4. The summed E-state index contributed by atoms with van der Waals surface area (Å²) < 4.78 is 11.2. The molecule has 1 aromatic carbocycles. The van der Waals surface area contributed by atoms with Crippen LogP contribution in [0.5, 0.6) is 0 Å². The van der Waals surface area contributed by atoms with Crippen LogP contribution in [0.2, 0.25) is 0 Å². The summed E-state index contributed by atoms with van der Waals surface area (Å²) in [6.07, 6.45) is 4.32. The number of aromatic nitrogens is 2. The van der Waals surface area contributed by atoms with Crippen molar-refractivity contribution in [2.24, 2.45) is 0 Å². The maximum absolute atomic E-state index is 5.86. The second-order valence-corrected chi connectivity index (χ2v) is 7.92. The molecule has 2 aromatic rings. The molecule has 2 bridgehead atoms. The van der Waals surface area contributed by atoms with Crippen LogP contribution in [0, 0.1) is 0 Å². The van der Waals surface area contributed by atoms with Crippen molar-refractivity contribution in [2.75, 3.05) is 42.4 Å². The van der Waals surface area contributed by atoms with E-state index in [0.717, 1.165) is 80.8 Å². The Kier molecular flexibility index (Phi) is 6.69. The minimum Gasteiger partial charge on any atom is -0.399 e. The summed E-state index contributed by atoms with van der Waals surface area (Å²) in [4.78, 5) is 12.2.